The fourth-order valence-corrected chi connectivity index (χ4v) is 1.97. The molecule has 0 saturated carbocycles. The topological polar surface area (TPSA) is 26.3 Å². The minimum absolute atomic E-state index is 0.172. The standard InChI is InChI=1S/C13H19F3O2/c1-2-9-18-11-6-3-10(4-7-11)5-8-12(17)13(14,15)16/h6,10H,2-5,7-9H2,1H3. The average molecular weight is 264 g/mol. The highest BCUT2D eigenvalue weighted by molar-refractivity contribution is 5.83. The van der Waals surface area contributed by atoms with E-state index >= 15 is 0 Å². The third-order valence-electron chi connectivity index (χ3n) is 3.07. The van der Waals surface area contributed by atoms with Gasteiger partial charge in [-0.2, -0.15) is 13.2 Å². The van der Waals surface area contributed by atoms with E-state index in [4.69, 9.17) is 4.74 Å². The Kier molecular flexibility index (Phi) is 5.69. The predicted molar refractivity (Wildman–Crippen MR) is 62.0 cm³/mol. The lowest BCUT2D eigenvalue weighted by Gasteiger charge is -2.21. The molecular formula is C13H19F3O2. The minimum Gasteiger partial charge on any atom is -0.498 e. The Balaban J connectivity index is 2.27. The van der Waals surface area contributed by atoms with Crippen molar-refractivity contribution in [1.82, 2.24) is 0 Å². The van der Waals surface area contributed by atoms with Crippen LogP contribution in [0.2, 0.25) is 0 Å². The fourth-order valence-electron chi connectivity index (χ4n) is 1.97. The minimum atomic E-state index is -4.68. The number of carbonyl (C=O) groups excluding carboxylic acids is 1. The van der Waals surface area contributed by atoms with Gasteiger partial charge in [-0.25, -0.2) is 0 Å². The zero-order valence-electron chi connectivity index (χ0n) is 10.6. The summed E-state index contributed by atoms with van der Waals surface area (Å²) < 4.78 is 41.5. The van der Waals surface area contributed by atoms with Crippen LogP contribution in [0.1, 0.15) is 45.4 Å². The van der Waals surface area contributed by atoms with Crippen LogP contribution in [-0.2, 0) is 9.53 Å². The number of allylic oxidation sites excluding steroid dienone is 2. The molecule has 0 radical (unpaired) electrons. The summed E-state index contributed by atoms with van der Waals surface area (Å²) in [5.41, 5.74) is 0. The van der Waals surface area contributed by atoms with Gasteiger partial charge in [0.25, 0.3) is 0 Å². The lowest BCUT2D eigenvalue weighted by atomic mass is 9.89. The van der Waals surface area contributed by atoms with E-state index < -0.39 is 18.4 Å². The van der Waals surface area contributed by atoms with E-state index in [0.29, 0.717) is 19.4 Å². The largest absolute Gasteiger partial charge is 0.498 e. The van der Waals surface area contributed by atoms with Gasteiger partial charge in [0.2, 0.25) is 5.78 Å². The van der Waals surface area contributed by atoms with Crippen molar-refractivity contribution in [3.8, 4) is 0 Å². The summed E-state index contributed by atoms with van der Waals surface area (Å²) in [5, 5.41) is 0. The first-order valence-electron chi connectivity index (χ1n) is 6.35. The first kappa shape index (κ1) is 15.1. The first-order chi connectivity index (χ1) is 8.43. The Labute approximate surface area is 105 Å². The molecule has 0 amide bonds. The Morgan fingerprint density at radius 1 is 1.50 bits per heavy atom. The Morgan fingerprint density at radius 3 is 2.72 bits per heavy atom. The number of halogens is 3. The molecule has 0 saturated heterocycles. The SMILES string of the molecule is CCCOC1=CCC(CCC(=O)C(F)(F)F)CC1. The van der Waals surface area contributed by atoms with Crippen molar-refractivity contribution >= 4 is 5.78 Å². The van der Waals surface area contributed by atoms with Gasteiger partial charge in [-0.1, -0.05) is 6.92 Å². The molecule has 5 heteroatoms. The number of hydrogen-bond acceptors (Lipinski definition) is 2. The van der Waals surface area contributed by atoms with Crippen LogP contribution in [0, 0.1) is 5.92 Å². The molecule has 0 aromatic heterocycles. The van der Waals surface area contributed by atoms with E-state index in [-0.39, 0.29) is 5.92 Å². The number of Topliss-reactive ketones (excluding diaryl/α,β-unsaturated/α-hetero) is 1. The molecule has 1 unspecified atom stereocenters. The summed E-state index contributed by atoms with van der Waals surface area (Å²) in [6.07, 6.45) is 0.418. The summed E-state index contributed by atoms with van der Waals surface area (Å²) >= 11 is 0. The second kappa shape index (κ2) is 6.81. The van der Waals surface area contributed by atoms with Gasteiger partial charge in [0.05, 0.1) is 12.4 Å². The highest BCUT2D eigenvalue weighted by atomic mass is 19.4. The third-order valence-corrected chi connectivity index (χ3v) is 3.07. The van der Waals surface area contributed by atoms with Crippen molar-refractivity contribution in [2.24, 2.45) is 5.92 Å². The van der Waals surface area contributed by atoms with E-state index in [2.05, 4.69) is 0 Å². The molecule has 0 aliphatic heterocycles. The highest BCUT2D eigenvalue weighted by Crippen LogP contribution is 2.29. The van der Waals surface area contributed by atoms with Crippen molar-refractivity contribution in [2.75, 3.05) is 6.61 Å². The second-order valence-corrected chi connectivity index (χ2v) is 4.62. The molecule has 1 aliphatic rings. The quantitative estimate of drug-likeness (QED) is 0.724. The van der Waals surface area contributed by atoms with Gasteiger partial charge in [0, 0.05) is 12.8 Å². The summed E-state index contributed by atoms with van der Waals surface area (Å²) in [6.45, 7) is 2.71. The van der Waals surface area contributed by atoms with Crippen LogP contribution in [-0.4, -0.2) is 18.6 Å². The van der Waals surface area contributed by atoms with Gasteiger partial charge in [0.15, 0.2) is 0 Å². The van der Waals surface area contributed by atoms with E-state index in [0.717, 1.165) is 25.0 Å². The van der Waals surface area contributed by atoms with Gasteiger partial charge in [-0.3, -0.25) is 4.79 Å². The smallest absolute Gasteiger partial charge is 0.449 e. The number of rotatable bonds is 6. The molecule has 0 fully saturated rings. The predicted octanol–water partition coefficient (Wildman–Crippen LogP) is 4.01. The summed E-state index contributed by atoms with van der Waals surface area (Å²) in [5.74, 6) is -0.500. The Hall–Kier alpha value is -1.00. The zero-order chi connectivity index (χ0) is 13.6. The van der Waals surface area contributed by atoms with Gasteiger partial charge < -0.3 is 4.74 Å². The maximum Gasteiger partial charge on any atom is 0.449 e. The van der Waals surface area contributed by atoms with Crippen LogP contribution in [0.3, 0.4) is 0 Å². The van der Waals surface area contributed by atoms with E-state index in [1.807, 2.05) is 13.0 Å². The number of ketones is 1. The van der Waals surface area contributed by atoms with Gasteiger partial charge in [-0.15, -0.1) is 0 Å². The van der Waals surface area contributed by atoms with Crippen molar-refractivity contribution in [3.05, 3.63) is 11.8 Å². The van der Waals surface area contributed by atoms with Gasteiger partial charge in [-0.05, 0) is 37.7 Å². The summed E-state index contributed by atoms with van der Waals surface area (Å²) in [6, 6.07) is 0. The van der Waals surface area contributed by atoms with Gasteiger partial charge in [0.1, 0.15) is 0 Å². The molecule has 1 atom stereocenters. The van der Waals surface area contributed by atoms with Crippen LogP contribution in [0.4, 0.5) is 13.2 Å². The van der Waals surface area contributed by atoms with Crippen molar-refractivity contribution in [2.45, 2.75) is 51.6 Å². The summed E-state index contributed by atoms with van der Waals surface area (Å²) in [7, 11) is 0. The van der Waals surface area contributed by atoms with Crippen molar-refractivity contribution in [3.63, 3.8) is 0 Å². The monoisotopic (exact) mass is 264 g/mol. The Bertz CT molecular complexity index is 308. The van der Waals surface area contributed by atoms with E-state index in [1.54, 1.807) is 0 Å². The molecule has 0 spiro atoms. The lowest BCUT2D eigenvalue weighted by Crippen LogP contribution is -2.23. The maximum atomic E-state index is 12.0. The number of ether oxygens (including phenoxy) is 1. The summed E-state index contributed by atoms with van der Waals surface area (Å²) in [4.78, 5) is 10.7. The zero-order valence-corrected chi connectivity index (χ0v) is 10.6. The number of alkyl halides is 3. The normalized spacial score (nSPS) is 20.4. The second-order valence-electron chi connectivity index (χ2n) is 4.62. The number of carbonyl (C=O) groups is 1. The molecule has 0 heterocycles. The van der Waals surface area contributed by atoms with Crippen LogP contribution < -0.4 is 0 Å². The maximum absolute atomic E-state index is 12.0. The molecule has 0 N–H and O–H groups in total. The van der Waals surface area contributed by atoms with E-state index in [9.17, 15) is 18.0 Å². The molecule has 2 nitrogen and oxygen atoms in total. The third kappa shape index (κ3) is 5.10. The molecule has 0 bridgehead atoms. The van der Waals surface area contributed by atoms with Crippen LogP contribution >= 0.6 is 0 Å². The van der Waals surface area contributed by atoms with E-state index in [1.165, 1.54) is 0 Å². The molecule has 18 heavy (non-hydrogen) atoms. The van der Waals surface area contributed by atoms with Crippen molar-refractivity contribution < 1.29 is 22.7 Å². The first-order valence-corrected chi connectivity index (χ1v) is 6.35. The van der Waals surface area contributed by atoms with Crippen LogP contribution in [0.25, 0.3) is 0 Å². The average Bonchev–Trinajstić information content (AvgIpc) is 2.33. The molecule has 1 aliphatic carbocycles. The molecule has 0 aromatic rings. The molecule has 1 rings (SSSR count). The molecule has 0 aromatic carbocycles. The lowest BCUT2D eigenvalue weighted by molar-refractivity contribution is -0.171. The fraction of sp³-hybridized carbons (Fsp3) is 0.769. The van der Waals surface area contributed by atoms with Crippen LogP contribution in [0.15, 0.2) is 11.8 Å². The van der Waals surface area contributed by atoms with Crippen molar-refractivity contribution in [1.29, 1.82) is 0 Å². The molecular weight excluding hydrogens is 245 g/mol. The number of hydrogen-bond donors (Lipinski definition) is 0. The highest BCUT2D eigenvalue weighted by Gasteiger charge is 2.37. The molecule has 104 valence electrons. The van der Waals surface area contributed by atoms with Gasteiger partial charge >= 0.3 is 6.18 Å². The van der Waals surface area contributed by atoms with Crippen LogP contribution in [0.5, 0.6) is 0 Å². The Morgan fingerprint density at radius 2 is 2.22 bits per heavy atom.